The lowest BCUT2D eigenvalue weighted by molar-refractivity contribution is -0.121. The molecule has 0 atom stereocenters. The van der Waals surface area contributed by atoms with Crippen LogP contribution in [-0.2, 0) is 17.9 Å². The van der Waals surface area contributed by atoms with Crippen molar-refractivity contribution in [1.29, 1.82) is 0 Å². The van der Waals surface area contributed by atoms with Gasteiger partial charge in [-0.3, -0.25) is 13.9 Å². The van der Waals surface area contributed by atoms with E-state index >= 15 is 0 Å². The largest absolute Gasteiger partial charge is 0.353 e. The molecule has 0 spiro atoms. The zero-order valence-corrected chi connectivity index (χ0v) is 11.6. The summed E-state index contributed by atoms with van der Waals surface area (Å²) in [5, 5.41) is 2.95. The Labute approximate surface area is 117 Å². The molecule has 5 heteroatoms. The first kappa shape index (κ1) is 13.0. The summed E-state index contributed by atoms with van der Waals surface area (Å²) < 4.78 is 3.44. The molecule has 1 aliphatic rings. The Bertz CT molecular complexity index is 695. The summed E-state index contributed by atoms with van der Waals surface area (Å²) >= 11 is 0. The molecular weight excluding hydrogens is 254 g/mol. The Balaban J connectivity index is 1.84. The number of rotatable bonds is 5. The molecule has 1 aromatic carbocycles. The second-order valence-electron chi connectivity index (χ2n) is 5.26. The fourth-order valence-electron chi connectivity index (χ4n) is 2.54. The van der Waals surface area contributed by atoms with Gasteiger partial charge in [0.15, 0.2) is 0 Å². The smallest absolute Gasteiger partial charge is 0.329 e. The van der Waals surface area contributed by atoms with Gasteiger partial charge in [0.05, 0.1) is 11.0 Å². The van der Waals surface area contributed by atoms with Crippen molar-refractivity contribution >= 4 is 16.9 Å². The molecule has 1 N–H and O–H groups in total. The minimum atomic E-state index is -0.0343. The number of imidazole rings is 1. The maximum Gasteiger partial charge on any atom is 0.329 e. The lowest BCUT2D eigenvalue weighted by Gasteiger charge is -2.04. The standard InChI is InChI=1S/C15H19N3O2/c1-2-17-12-5-3-4-6-13(12)18(15(17)20)10-9-14(19)16-11-7-8-11/h3-6,11H,2,7-10H2,1H3,(H,16,19). The van der Waals surface area contributed by atoms with Gasteiger partial charge in [-0.05, 0) is 31.9 Å². The average molecular weight is 273 g/mol. The Morgan fingerprint density at radius 3 is 2.50 bits per heavy atom. The molecule has 1 aliphatic carbocycles. The molecule has 1 amide bonds. The summed E-state index contributed by atoms with van der Waals surface area (Å²) in [6.07, 6.45) is 2.52. The summed E-state index contributed by atoms with van der Waals surface area (Å²) in [5.74, 6) is 0.0349. The highest BCUT2D eigenvalue weighted by Crippen LogP contribution is 2.19. The Morgan fingerprint density at radius 1 is 1.25 bits per heavy atom. The molecular formula is C15H19N3O2. The van der Waals surface area contributed by atoms with Gasteiger partial charge in [0.2, 0.25) is 5.91 Å². The van der Waals surface area contributed by atoms with Gasteiger partial charge in [-0.2, -0.15) is 0 Å². The number of hydrogen-bond donors (Lipinski definition) is 1. The topological polar surface area (TPSA) is 56.0 Å². The number of amides is 1. The first-order valence-electron chi connectivity index (χ1n) is 7.18. The zero-order chi connectivity index (χ0) is 14.1. The van der Waals surface area contributed by atoms with E-state index in [9.17, 15) is 9.59 Å². The fourth-order valence-corrected chi connectivity index (χ4v) is 2.54. The third-order valence-corrected chi connectivity index (χ3v) is 3.75. The van der Waals surface area contributed by atoms with Crippen LogP contribution in [-0.4, -0.2) is 21.1 Å². The molecule has 20 heavy (non-hydrogen) atoms. The third-order valence-electron chi connectivity index (χ3n) is 3.75. The summed E-state index contributed by atoms with van der Waals surface area (Å²) in [5.41, 5.74) is 1.80. The minimum Gasteiger partial charge on any atom is -0.353 e. The van der Waals surface area contributed by atoms with Crippen LogP contribution in [0.5, 0.6) is 0 Å². The maximum atomic E-state index is 12.4. The molecule has 2 aromatic rings. The van der Waals surface area contributed by atoms with Crippen LogP contribution >= 0.6 is 0 Å². The van der Waals surface area contributed by atoms with E-state index in [0.29, 0.717) is 25.6 Å². The lowest BCUT2D eigenvalue weighted by Crippen LogP contribution is -2.29. The van der Waals surface area contributed by atoms with Crippen LogP contribution in [0.1, 0.15) is 26.2 Å². The van der Waals surface area contributed by atoms with E-state index in [0.717, 1.165) is 23.9 Å². The number of aromatic nitrogens is 2. The summed E-state index contributed by atoms with van der Waals surface area (Å²) in [4.78, 5) is 24.1. The van der Waals surface area contributed by atoms with E-state index in [1.807, 2.05) is 31.2 Å². The third kappa shape index (κ3) is 2.35. The number of aryl methyl sites for hydroxylation is 2. The van der Waals surface area contributed by atoms with Gasteiger partial charge >= 0.3 is 5.69 Å². The van der Waals surface area contributed by atoms with E-state index < -0.39 is 0 Å². The van der Waals surface area contributed by atoms with Crippen LogP contribution in [0.3, 0.4) is 0 Å². The lowest BCUT2D eigenvalue weighted by atomic mass is 10.3. The van der Waals surface area contributed by atoms with Crippen LogP contribution in [0.25, 0.3) is 11.0 Å². The fraction of sp³-hybridized carbons (Fsp3) is 0.467. The molecule has 0 bridgehead atoms. The van der Waals surface area contributed by atoms with Gasteiger partial charge < -0.3 is 5.32 Å². The van der Waals surface area contributed by atoms with E-state index in [1.54, 1.807) is 9.13 Å². The normalized spacial score (nSPS) is 14.7. The first-order valence-corrected chi connectivity index (χ1v) is 7.18. The molecule has 0 aliphatic heterocycles. The average Bonchev–Trinajstić information content (AvgIpc) is 3.20. The molecule has 5 nitrogen and oxygen atoms in total. The quantitative estimate of drug-likeness (QED) is 0.897. The van der Waals surface area contributed by atoms with Crippen molar-refractivity contribution in [3.8, 4) is 0 Å². The second kappa shape index (κ2) is 5.15. The van der Waals surface area contributed by atoms with Crippen LogP contribution < -0.4 is 11.0 Å². The highest BCUT2D eigenvalue weighted by Gasteiger charge is 2.23. The number of carbonyl (C=O) groups excluding carboxylic acids is 1. The molecule has 3 rings (SSSR count). The van der Waals surface area contributed by atoms with Gasteiger partial charge in [0.25, 0.3) is 0 Å². The molecule has 1 heterocycles. The second-order valence-corrected chi connectivity index (χ2v) is 5.26. The predicted octanol–water partition coefficient (Wildman–Crippen LogP) is 1.49. The SMILES string of the molecule is CCn1c(=O)n(CCC(=O)NC2CC2)c2ccccc21. The monoisotopic (exact) mass is 273 g/mol. The minimum absolute atomic E-state index is 0.0343. The van der Waals surface area contributed by atoms with Crippen LogP contribution in [0.15, 0.2) is 29.1 Å². The number of nitrogens with zero attached hydrogens (tertiary/aromatic N) is 2. The van der Waals surface area contributed by atoms with E-state index in [-0.39, 0.29) is 11.6 Å². The van der Waals surface area contributed by atoms with Crippen molar-refractivity contribution in [1.82, 2.24) is 14.5 Å². The highest BCUT2D eigenvalue weighted by molar-refractivity contribution is 5.78. The van der Waals surface area contributed by atoms with Gasteiger partial charge in [-0.25, -0.2) is 4.79 Å². The molecule has 106 valence electrons. The van der Waals surface area contributed by atoms with Crippen molar-refractivity contribution in [2.45, 2.75) is 45.3 Å². The van der Waals surface area contributed by atoms with Crippen molar-refractivity contribution in [3.63, 3.8) is 0 Å². The summed E-state index contributed by atoms with van der Waals surface area (Å²) in [6.45, 7) is 3.03. The summed E-state index contributed by atoms with van der Waals surface area (Å²) in [6, 6.07) is 8.10. The summed E-state index contributed by atoms with van der Waals surface area (Å²) in [7, 11) is 0. The number of carbonyl (C=O) groups is 1. The van der Waals surface area contributed by atoms with Crippen molar-refractivity contribution in [2.24, 2.45) is 0 Å². The van der Waals surface area contributed by atoms with Gasteiger partial charge in [-0.1, -0.05) is 12.1 Å². The van der Waals surface area contributed by atoms with E-state index in [4.69, 9.17) is 0 Å². The van der Waals surface area contributed by atoms with Crippen molar-refractivity contribution in [2.75, 3.05) is 0 Å². The van der Waals surface area contributed by atoms with E-state index in [2.05, 4.69) is 5.32 Å². The molecule has 0 unspecified atom stereocenters. The predicted molar refractivity (Wildman–Crippen MR) is 77.7 cm³/mol. The van der Waals surface area contributed by atoms with Gasteiger partial charge in [0.1, 0.15) is 0 Å². The number of hydrogen-bond acceptors (Lipinski definition) is 2. The molecule has 1 fully saturated rings. The van der Waals surface area contributed by atoms with Crippen LogP contribution in [0.2, 0.25) is 0 Å². The van der Waals surface area contributed by atoms with Crippen LogP contribution in [0.4, 0.5) is 0 Å². The highest BCUT2D eigenvalue weighted by atomic mass is 16.2. The maximum absolute atomic E-state index is 12.4. The number of fused-ring (bicyclic) bond motifs is 1. The van der Waals surface area contributed by atoms with Crippen molar-refractivity contribution < 1.29 is 4.79 Å². The first-order chi connectivity index (χ1) is 9.70. The zero-order valence-electron chi connectivity index (χ0n) is 11.6. The Kier molecular flexibility index (Phi) is 3.34. The number of nitrogens with one attached hydrogen (secondary N) is 1. The number of para-hydroxylation sites is 2. The van der Waals surface area contributed by atoms with Gasteiger partial charge in [0, 0.05) is 25.6 Å². The molecule has 1 saturated carbocycles. The van der Waals surface area contributed by atoms with Crippen LogP contribution in [0, 0.1) is 0 Å². The number of benzene rings is 1. The molecule has 0 saturated heterocycles. The Morgan fingerprint density at radius 2 is 1.90 bits per heavy atom. The van der Waals surface area contributed by atoms with Crippen molar-refractivity contribution in [3.05, 3.63) is 34.7 Å². The van der Waals surface area contributed by atoms with E-state index in [1.165, 1.54) is 0 Å². The van der Waals surface area contributed by atoms with Gasteiger partial charge in [-0.15, -0.1) is 0 Å². The molecule has 1 aromatic heterocycles. The Hall–Kier alpha value is -2.04. The molecule has 0 radical (unpaired) electrons.